The summed E-state index contributed by atoms with van der Waals surface area (Å²) in [6.07, 6.45) is -0.362. The molecule has 110 valence electrons. The van der Waals surface area contributed by atoms with Crippen molar-refractivity contribution in [2.75, 3.05) is 12.4 Å². The van der Waals surface area contributed by atoms with E-state index in [-0.39, 0.29) is 17.8 Å². The molecule has 1 aromatic heterocycles. The molecule has 0 radical (unpaired) electrons. The zero-order chi connectivity index (χ0) is 15.1. The van der Waals surface area contributed by atoms with Gasteiger partial charge < -0.3 is 20.5 Å². The van der Waals surface area contributed by atoms with E-state index in [1.165, 1.54) is 7.11 Å². The number of benzene rings is 1. The number of amides is 1. The minimum Gasteiger partial charge on any atom is -0.504 e. The first-order chi connectivity index (χ1) is 10.0. The van der Waals surface area contributed by atoms with Crippen LogP contribution in [0.5, 0.6) is 11.5 Å². The van der Waals surface area contributed by atoms with Gasteiger partial charge in [-0.1, -0.05) is 6.07 Å². The number of rotatable bonds is 2. The normalized spacial score (nSPS) is 16.9. The van der Waals surface area contributed by atoms with Gasteiger partial charge in [-0.25, -0.2) is 0 Å². The van der Waals surface area contributed by atoms with Crippen LogP contribution >= 0.6 is 11.3 Å². The van der Waals surface area contributed by atoms with Crippen LogP contribution in [-0.4, -0.2) is 18.1 Å². The van der Waals surface area contributed by atoms with Crippen molar-refractivity contribution in [1.82, 2.24) is 5.32 Å². The molecule has 5 nitrogen and oxygen atoms in total. The largest absolute Gasteiger partial charge is 0.504 e. The zero-order valence-corrected chi connectivity index (χ0v) is 12.8. The van der Waals surface area contributed by atoms with E-state index in [0.29, 0.717) is 11.3 Å². The lowest BCUT2D eigenvalue weighted by atomic mass is 10.1. The van der Waals surface area contributed by atoms with Gasteiger partial charge in [0.2, 0.25) is 0 Å². The number of phenols is 1. The molecule has 2 heterocycles. The van der Waals surface area contributed by atoms with E-state index in [1.807, 2.05) is 19.9 Å². The number of nitrogens with one attached hydrogen (secondary N) is 2. The number of hydrogen-bond acceptors (Lipinski definition) is 5. The number of carbonyl (C=O) groups excluding carboxylic acids is 1. The van der Waals surface area contributed by atoms with Crippen molar-refractivity contribution in [2.24, 2.45) is 0 Å². The predicted molar refractivity (Wildman–Crippen MR) is 82.3 cm³/mol. The van der Waals surface area contributed by atoms with E-state index in [2.05, 4.69) is 10.6 Å². The molecule has 0 saturated carbocycles. The average Bonchev–Trinajstić information content (AvgIpc) is 2.74. The van der Waals surface area contributed by atoms with E-state index in [1.54, 1.807) is 23.5 Å². The van der Waals surface area contributed by atoms with Crippen LogP contribution in [-0.2, 0) is 0 Å². The highest BCUT2D eigenvalue weighted by Crippen LogP contribution is 2.38. The lowest BCUT2D eigenvalue weighted by Crippen LogP contribution is -2.38. The molecule has 6 heteroatoms. The Morgan fingerprint density at radius 2 is 2.05 bits per heavy atom. The highest BCUT2D eigenvalue weighted by Gasteiger charge is 2.29. The lowest BCUT2D eigenvalue weighted by molar-refractivity contribution is 0.0935. The minimum absolute atomic E-state index is 0.0513. The molecule has 3 N–H and O–H groups in total. The minimum atomic E-state index is -0.362. The molecule has 1 aromatic carbocycles. The third-order valence-electron chi connectivity index (χ3n) is 3.70. The fourth-order valence-corrected chi connectivity index (χ4v) is 3.51. The fraction of sp³-hybridized carbons (Fsp3) is 0.267. The van der Waals surface area contributed by atoms with Crippen molar-refractivity contribution in [3.8, 4) is 11.5 Å². The summed E-state index contributed by atoms with van der Waals surface area (Å²) in [5.41, 5.74) is 2.50. The maximum atomic E-state index is 12.3. The second-order valence-corrected chi connectivity index (χ2v) is 6.19. The van der Waals surface area contributed by atoms with Crippen molar-refractivity contribution in [3.63, 3.8) is 0 Å². The van der Waals surface area contributed by atoms with Gasteiger partial charge in [-0.05, 0) is 37.1 Å². The summed E-state index contributed by atoms with van der Waals surface area (Å²) < 4.78 is 5.03. The molecule has 0 saturated heterocycles. The van der Waals surface area contributed by atoms with Crippen LogP contribution < -0.4 is 15.4 Å². The van der Waals surface area contributed by atoms with Crippen molar-refractivity contribution in [2.45, 2.75) is 20.0 Å². The number of carbonyl (C=O) groups is 1. The number of aromatic hydroxyl groups is 1. The van der Waals surface area contributed by atoms with Gasteiger partial charge in [0.15, 0.2) is 11.5 Å². The Morgan fingerprint density at radius 3 is 2.71 bits per heavy atom. The van der Waals surface area contributed by atoms with Gasteiger partial charge in [-0.2, -0.15) is 0 Å². The van der Waals surface area contributed by atoms with Crippen LogP contribution in [0.4, 0.5) is 5.00 Å². The molecular weight excluding hydrogens is 288 g/mol. The van der Waals surface area contributed by atoms with Crippen LogP contribution in [0.3, 0.4) is 0 Å². The van der Waals surface area contributed by atoms with Gasteiger partial charge in [-0.15, -0.1) is 11.3 Å². The molecular formula is C15H16N2O3S. The molecule has 2 aromatic rings. The van der Waals surface area contributed by atoms with Gasteiger partial charge in [-0.3, -0.25) is 4.79 Å². The van der Waals surface area contributed by atoms with Gasteiger partial charge in [0.05, 0.1) is 12.7 Å². The van der Waals surface area contributed by atoms with Crippen LogP contribution in [0, 0.1) is 13.8 Å². The van der Waals surface area contributed by atoms with Crippen molar-refractivity contribution >= 4 is 22.2 Å². The topological polar surface area (TPSA) is 70.6 Å². The van der Waals surface area contributed by atoms with Gasteiger partial charge in [0.1, 0.15) is 11.2 Å². The summed E-state index contributed by atoms with van der Waals surface area (Å²) in [6, 6.07) is 5.09. The molecule has 0 fully saturated rings. The Bertz CT molecular complexity index is 724. The quantitative estimate of drug-likeness (QED) is 0.798. The number of fused-ring (bicyclic) bond motifs is 1. The molecule has 1 amide bonds. The van der Waals surface area contributed by atoms with E-state index < -0.39 is 0 Å². The standard InChI is InChI=1S/C15H16N2O3S/c1-7-8(2)21-15-12(7)14(19)16-13(17-15)9-4-5-11(20-3)10(18)6-9/h4-6,13,17-18H,1-3H3,(H,16,19). The summed E-state index contributed by atoms with van der Waals surface area (Å²) in [7, 11) is 1.50. The van der Waals surface area contributed by atoms with Crippen molar-refractivity contribution in [3.05, 3.63) is 39.8 Å². The smallest absolute Gasteiger partial charge is 0.256 e. The molecule has 0 bridgehead atoms. The summed E-state index contributed by atoms with van der Waals surface area (Å²) in [6.45, 7) is 3.95. The number of aryl methyl sites for hydroxylation is 1. The lowest BCUT2D eigenvalue weighted by Gasteiger charge is -2.26. The van der Waals surface area contributed by atoms with E-state index in [4.69, 9.17) is 4.74 Å². The van der Waals surface area contributed by atoms with E-state index in [9.17, 15) is 9.90 Å². The van der Waals surface area contributed by atoms with Gasteiger partial charge in [0.25, 0.3) is 5.91 Å². The maximum Gasteiger partial charge on any atom is 0.256 e. The monoisotopic (exact) mass is 304 g/mol. The SMILES string of the molecule is COc1ccc(C2NC(=O)c3c(sc(C)c3C)N2)cc1O. The van der Waals surface area contributed by atoms with Crippen molar-refractivity contribution < 1.29 is 14.6 Å². The fourth-order valence-electron chi connectivity index (χ4n) is 2.43. The number of hydrogen-bond donors (Lipinski definition) is 3. The zero-order valence-electron chi connectivity index (χ0n) is 12.0. The number of methoxy groups -OCH3 is 1. The number of ether oxygens (including phenoxy) is 1. The first-order valence-electron chi connectivity index (χ1n) is 6.55. The summed E-state index contributed by atoms with van der Waals surface area (Å²) in [5, 5.41) is 17.0. The van der Waals surface area contributed by atoms with Crippen LogP contribution in [0.2, 0.25) is 0 Å². The summed E-state index contributed by atoms with van der Waals surface area (Å²) in [5.74, 6) is 0.366. The molecule has 0 spiro atoms. The third-order valence-corrected chi connectivity index (χ3v) is 4.84. The Labute approximate surface area is 126 Å². The van der Waals surface area contributed by atoms with Gasteiger partial charge >= 0.3 is 0 Å². The number of phenolic OH excluding ortho intramolecular Hbond substituents is 1. The highest BCUT2D eigenvalue weighted by atomic mass is 32.1. The predicted octanol–water partition coefficient (Wildman–Crippen LogP) is 2.93. The number of thiophene rings is 1. The molecule has 1 unspecified atom stereocenters. The first-order valence-corrected chi connectivity index (χ1v) is 7.37. The Hall–Kier alpha value is -2.21. The van der Waals surface area contributed by atoms with Crippen LogP contribution in [0.1, 0.15) is 32.5 Å². The highest BCUT2D eigenvalue weighted by molar-refractivity contribution is 7.16. The molecule has 1 aliphatic rings. The molecule has 0 aliphatic carbocycles. The van der Waals surface area contributed by atoms with Crippen molar-refractivity contribution in [1.29, 1.82) is 0 Å². The first kappa shape index (κ1) is 13.8. The summed E-state index contributed by atoms with van der Waals surface area (Å²) in [4.78, 5) is 13.4. The summed E-state index contributed by atoms with van der Waals surface area (Å²) >= 11 is 1.57. The Kier molecular flexibility index (Phi) is 3.25. The molecule has 1 atom stereocenters. The van der Waals surface area contributed by atoms with E-state index >= 15 is 0 Å². The van der Waals surface area contributed by atoms with E-state index in [0.717, 1.165) is 21.0 Å². The van der Waals surface area contributed by atoms with Gasteiger partial charge in [0, 0.05) is 4.88 Å². The van der Waals surface area contributed by atoms with Crippen LogP contribution in [0.15, 0.2) is 18.2 Å². The Balaban J connectivity index is 1.96. The number of anilines is 1. The van der Waals surface area contributed by atoms with Crippen LogP contribution in [0.25, 0.3) is 0 Å². The maximum absolute atomic E-state index is 12.3. The second kappa shape index (κ2) is 4.96. The third kappa shape index (κ3) is 2.21. The molecule has 3 rings (SSSR count). The molecule has 21 heavy (non-hydrogen) atoms. The Morgan fingerprint density at radius 1 is 1.29 bits per heavy atom. The average molecular weight is 304 g/mol. The second-order valence-electron chi connectivity index (χ2n) is 4.97. The molecule has 1 aliphatic heterocycles.